The van der Waals surface area contributed by atoms with Crippen LogP contribution < -0.4 is 0 Å². The molecule has 0 aliphatic rings. The number of benzene rings is 1. The lowest BCUT2D eigenvalue weighted by atomic mass is 10.00. The molecular formula is C19H28INO4SSi. The minimum Gasteiger partial charge on any atom is -0.466 e. The zero-order valence-corrected chi connectivity index (χ0v) is 20.3. The van der Waals surface area contributed by atoms with E-state index in [0.29, 0.717) is 11.6 Å². The minimum atomic E-state index is -3.64. The fourth-order valence-electron chi connectivity index (χ4n) is 2.52. The second-order valence-corrected chi connectivity index (χ2v) is 16.3. The maximum Gasteiger partial charge on any atom is 0.335 e. The molecule has 1 aromatic carbocycles. The van der Waals surface area contributed by atoms with Crippen LogP contribution in [-0.2, 0) is 19.6 Å². The van der Waals surface area contributed by atoms with E-state index >= 15 is 0 Å². The van der Waals surface area contributed by atoms with Gasteiger partial charge >= 0.3 is 5.97 Å². The number of halogens is 1. The maximum atomic E-state index is 13.2. The lowest BCUT2D eigenvalue weighted by Gasteiger charge is -2.32. The van der Waals surface area contributed by atoms with Crippen molar-refractivity contribution in [1.82, 2.24) is 4.31 Å². The van der Waals surface area contributed by atoms with Crippen LogP contribution in [0.5, 0.6) is 0 Å². The van der Waals surface area contributed by atoms with Gasteiger partial charge in [-0.25, -0.2) is 13.2 Å². The van der Waals surface area contributed by atoms with Gasteiger partial charge in [-0.2, -0.15) is 4.31 Å². The summed E-state index contributed by atoms with van der Waals surface area (Å²) in [7, 11) is -3.95. The molecule has 0 heterocycles. The standard InChI is InChI=1S/C19H28INO4SSi/c1-7-12-21(26(23,24)13-14-27(4,5)6)18(15(2)19(22)25-3)16-10-8-9-11-17(16)20/h7-11,18H,1-2,12-14H2,3-6H3. The molecule has 0 saturated heterocycles. The van der Waals surface area contributed by atoms with Crippen molar-refractivity contribution in [3.63, 3.8) is 0 Å². The van der Waals surface area contributed by atoms with Crippen molar-refractivity contribution in [2.75, 3.05) is 19.4 Å². The summed E-state index contributed by atoms with van der Waals surface area (Å²) in [6, 6.07) is 7.15. The van der Waals surface area contributed by atoms with Crippen molar-refractivity contribution < 1.29 is 17.9 Å². The Morgan fingerprint density at radius 1 is 1.33 bits per heavy atom. The number of sulfonamides is 1. The molecule has 0 aliphatic heterocycles. The first-order valence-corrected chi connectivity index (χ1v) is 15.0. The second kappa shape index (κ2) is 9.99. The van der Waals surface area contributed by atoms with E-state index in [0.717, 1.165) is 3.57 Å². The summed E-state index contributed by atoms with van der Waals surface area (Å²) >= 11 is 2.13. The highest BCUT2D eigenvalue weighted by atomic mass is 127. The van der Waals surface area contributed by atoms with E-state index in [1.807, 2.05) is 24.3 Å². The number of hydrogen-bond donors (Lipinski definition) is 0. The molecule has 1 atom stereocenters. The topological polar surface area (TPSA) is 63.7 Å². The summed E-state index contributed by atoms with van der Waals surface area (Å²) < 4.78 is 33.4. The molecule has 0 amide bonds. The number of carbonyl (C=O) groups excluding carboxylic acids is 1. The molecule has 27 heavy (non-hydrogen) atoms. The molecule has 0 aliphatic carbocycles. The van der Waals surface area contributed by atoms with Gasteiger partial charge in [0.05, 0.1) is 24.5 Å². The van der Waals surface area contributed by atoms with E-state index in [-0.39, 0.29) is 17.9 Å². The highest BCUT2D eigenvalue weighted by Gasteiger charge is 2.36. The van der Waals surface area contributed by atoms with Crippen LogP contribution in [0.15, 0.2) is 49.1 Å². The molecule has 0 saturated carbocycles. The smallest absolute Gasteiger partial charge is 0.335 e. The Morgan fingerprint density at radius 2 is 1.93 bits per heavy atom. The lowest BCUT2D eigenvalue weighted by molar-refractivity contribution is -0.136. The van der Waals surface area contributed by atoms with Gasteiger partial charge < -0.3 is 4.74 Å². The van der Waals surface area contributed by atoms with Gasteiger partial charge in [0.2, 0.25) is 10.0 Å². The Labute approximate surface area is 177 Å². The third-order valence-electron chi connectivity index (χ3n) is 4.04. The first-order chi connectivity index (χ1) is 12.4. The van der Waals surface area contributed by atoms with E-state index in [9.17, 15) is 13.2 Å². The largest absolute Gasteiger partial charge is 0.466 e. The van der Waals surface area contributed by atoms with E-state index in [1.165, 1.54) is 17.5 Å². The number of carbonyl (C=O) groups is 1. The number of methoxy groups -OCH3 is 1. The molecule has 5 nitrogen and oxygen atoms in total. The number of ether oxygens (including phenoxy) is 1. The van der Waals surface area contributed by atoms with Gasteiger partial charge in [0.1, 0.15) is 0 Å². The molecule has 1 unspecified atom stereocenters. The molecule has 0 aromatic heterocycles. The normalized spacial score (nSPS) is 13.3. The predicted molar refractivity (Wildman–Crippen MR) is 122 cm³/mol. The second-order valence-electron chi connectivity index (χ2n) is 7.43. The fraction of sp³-hybridized carbons (Fsp3) is 0.421. The van der Waals surface area contributed by atoms with Crippen LogP contribution in [-0.4, -0.2) is 46.2 Å². The van der Waals surface area contributed by atoms with Crippen LogP contribution in [0, 0.1) is 3.57 Å². The van der Waals surface area contributed by atoms with Crippen LogP contribution in [0.2, 0.25) is 25.7 Å². The molecule has 1 aromatic rings. The number of esters is 1. The predicted octanol–water partition coefficient (Wildman–Crippen LogP) is 4.22. The van der Waals surface area contributed by atoms with E-state index in [2.05, 4.69) is 55.4 Å². The molecule has 8 heteroatoms. The van der Waals surface area contributed by atoms with Crippen LogP contribution in [0.25, 0.3) is 0 Å². The van der Waals surface area contributed by atoms with Gasteiger partial charge in [0.25, 0.3) is 0 Å². The first-order valence-electron chi connectivity index (χ1n) is 8.56. The Balaban J connectivity index is 3.49. The maximum absolute atomic E-state index is 13.2. The van der Waals surface area contributed by atoms with E-state index in [1.54, 1.807) is 0 Å². The molecule has 0 bridgehead atoms. The van der Waals surface area contributed by atoms with Crippen molar-refractivity contribution in [3.05, 3.63) is 58.2 Å². The Hall–Kier alpha value is -0.973. The summed E-state index contributed by atoms with van der Waals surface area (Å²) in [5.41, 5.74) is 0.784. The lowest BCUT2D eigenvalue weighted by Crippen LogP contribution is -2.40. The zero-order chi connectivity index (χ0) is 20.8. The molecule has 0 N–H and O–H groups in total. The summed E-state index contributed by atoms with van der Waals surface area (Å²) in [5, 5.41) is 0. The third-order valence-corrected chi connectivity index (χ3v) is 8.93. The van der Waals surface area contributed by atoms with Gasteiger partial charge in [-0.3, -0.25) is 0 Å². The Morgan fingerprint density at radius 3 is 2.41 bits per heavy atom. The Bertz CT molecular complexity index is 802. The summed E-state index contributed by atoms with van der Waals surface area (Å²) in [6.45, 7) is 14.0. The monoisotopic (exact) mass is 521 g/mol. The van der Waals surface area contributed by atoms with Gasteiger partial charge in [0.15, 0.2) is 0 Å². The van der Waals surface area contributed by atoms with Gasteiger partial charge in [-0.05, 0) is 40.3 Å². The molecule has 0 fully saturated rings. The average molecular weight is 521 g/mol. The van der Waals surface area contributed by atoms with Crippen LogP contribution >= 0.6 is 22.6 Å². The summed E-state index contributed by atoms with van der Waals surface area (Å²) in [5.74, 6) is -0.598. The van der Waals surface area contributed by atoms with E-state index in [4.69, 9.17) is 4.74 Å². The molecule has 0 spiro atoms. The number of hydrogen-bond acceptors (Lipinski definition) is 4. The SMILES string of the molecule is C=CCN(C(C(=C)C(=O)OC)c1ccccc1I)S(=O)(=O)CC[Si](C)(C)C. The molecule has 0 radical (unpaired) electrons. The molecule has 150 valence electrons. The quantitative estimate of drug-likeness (QED) is 0.152. The minimum absolute atomic E-state index is 0.0327. The molecule has 1 rings (SSSR count). The highest BCUT2D eigenvalue weighted by Crippen LogP contribution is 2.34. The average Bonchev–Trinajstić information content (AvgIpc) is 2.59. The zero-order valence-electron chi connectivity index (χ0n) is 16.4. The summed E-state index contributed by atoms with van der Waals surface area (Å²) in [6.07, 6.45) is 1.53. The van der Waals surface area contributed by atoms with Crippen molar-refractivity contribution in [3.8, 4) is 0 Å². The van der Waals surface area contributed by atoms with Crippen molar-refractivity contribution in [2.45, 2.75) is 31.7 Å². The summed E-state index contributed by atoms with van der Waals surface area (Å²) in [4.78, 5) is 12.2. The van der Waals surface area contributed by atoms with Crippen LogP contribution in [0.1, 0.15) is 11.6 Å². The molecular weight excluding hydrogens is 493 g/mol. The Kier molecular flexibility index (Phi) is 8.91. The highest BCUT2D eigenvalue weighted by molar-refractivity contribution is 14.1. The van der Waals surface area contributed by atoms with Crippen molar-refractivity contribution in [1.29, 1.82) is 0 Å². The van der Waals surface area contributed by atoms with Gasteiger partial charge in [-0.15, -0.1) is 6.58 Å². The van der Waals surface area contributed by atoms with Gasteiger partial charge in [-0.1, -0.05) is 50.5 Å². The third kappa shape index (κ3) is 6.85. The van der Waals surface area contributed by atoms with Crippen molar-refractivity contribution >= 4 is 46.7 Å². The van der Waals surface area contributed by atoms with Crippen molar-refractivity contribution in [2.24, 2.45) is 0 Å². The van der Waals surface area contributed by atoms with Crippen LogP contribution in [0.4, 0.5) is 0 Å². The number of rotatable bonds is 10. The first kappa shape index (κ1) is 24.1. The van der Waals surface area contributed by atoms with Crippen LogP contribution in [0.3, 0.4) is 0 Å². The number of nitrogens with zero attached hydrogens (tertiary/aromatic N) is 1. The fourth-order valence-corrected chi connectivity index (χ4v) is 7.81. The van der Waals surface area contributed by atoms with Gasteiger partial charge in [0, 0.05) is 18.2 Å². The van der Waals surface area contributed by atoms with E-state index < -0.39 is 30.1 Å².